The van der Waals surface area contributed by atoms with Gasteiger partial charge in [-0.1, -0.05) is 23.7 Å². The van der Waals surface area contributed by atoms with E-state index in [1.54, 1.807) is 12.1 Å². The number of carbonyl (C=O) groups is 3. The number of piperidine rings is 1. The average Bonchev–Trinajstić information content (AvgIpc) is 3.37. The molecule has 1 aromatic heterocycles. The summed E-state index contributed by atoms with van der Waals surface area (Å²) in [5.74, 6) is 0.0694. The zero-order chi connectivity index (χ0) is 31.6. The van der Waals surface area contributed by atoms with Crippen LogP contribution in [0.4, 0.5) is 5.13 Å². The van der Waals surface area contributed by atoms with Crippen molar-refractivity contribution < 1.29 is 27.9 Å². The summed E-state index contributed by atoms with van der Waals surface area (Å²) in [4.78, 5) is 46.2. The molecule has 0 spiro atoms. The molecule has 4 fully saturated rings. The summed E-state index contributed by atoms with van der Waals surface area (Å²) in [5.41, 5.74) is -0.923. The number of hydrogen-bond acceptors (Lipinski definition) is 11. The largest absolute Gasteiger partial charge is 0.483 e. The third-order valence-corrected chi connectivity index (χ3v) is 12.3. The number of hydrogen-bond donors (Lipinski definition) is 2. The van der Waals surface area contributed by atoms with Gasteiger partial charge in [-0.15, -0.1) is 0 Å². The minimum absolute atomic E-state index is 0.00142. The first-order chi connectivity index (χ1) is 21.0. The molecule has 3 atom stereocenters. The highest BCUT2D eigenvalue weighted by Crippen LogP contribution is 2.38. The first kappa shape index (κ1) is 32.1. The van der Waals surface area contributed by atoms with E-state index >= 15 is 0 Å². The van der Waals surface area contributed by atoms with Crippen LogP contribution in [0.5, 0.6) is 0 Å². The highest BCUT2D eigenvalue weighted by atomic mass is 35.5. The number of carbonyl (C=O) groups excluding carboxylic acids is 2. The Bertz CT molecular complexity index is 1550. The molecule has 2 aromatic rings. The Labute approximate surface area is 264 Å². The maximum Gasteiger partial charge on any atom is 0.290 e. The van der Waals surface area contributed by atoms with E-state index in [1.165, 1.54) is 28.6 Å². The van der Waals surface area contributed by atoms with Gasteiger partial charge in [0, 0.05) is 43.8 Å². The van der Waals surface area contributed by atoms with Crippen LogP contribution in [-0.4, -0.2) is 106 Å². The fourth-order valence-corrected chi connectivity index (χ4v) is 9.13. The predicted molar refractivity (Wildman–Crippen MR) is 162 cm³/mol. The van der Waals surface area contributed by atoms with E-state index in [2.05, 4.69) is 30.5 Å². The molecular formula is C28H34ClN7O6S2. The Balaban J connectivity index is 0.00000123. The van der Waals surface area contributed by atoms with Crippen LogP contribution < -0.4 is 10.2 Å². The number of nitriles is 1. The number of carboxylic acid groups (broad SMARTS) is 1. The SMILES string of the molecule is Cc1nsc(N2CCC(N3CCC3C(=O)N3C[C@H](S(=O)(=O)c4ccccc4Cl)C[C@H]3C(=O)NC3(C#N)CC3)CC2)n1.O=CO. The number of rotatable bonds is 7. The molecule has 1 saturated carbocycles. The minimum Gasteiger partial charge on any atom is -0.483 e. The second-order valence-electron chi connectivity index (χ2n) is 11.5. The topological polar surface area (TPSA) is 177 Å². The van der Waals surface area contributed by atoms with Crippen LogP contribution >= 0.6 is 23.1 Å². The van der Waals surface area contributed by atoms with Crippen molar-refractivity contribution in [3.63, 3.8) is 0 Å². The molecule has 236 valence electrons. The third-order valence-electron chi connectivity index (χ3n) is 8.82. The van der Waals surface area contributed by atoms with Gasteiger partial charge in [-0.05, 0) is 57.6 Å². The van der Waals surface area contributed by atoms with Crippen LogP contribution in [0.25, 0.3) is 0 Å². The van der Waals surface area contributed by atoms with Crippen LogP contribution in [0, 0.1) is 18.3 Å². The van der Waals surface area contributed by atoms with Gasteiger partial charge in [-0.2, -0.15) is 9.64 Å². The van der Waals surface area contributed by atoms with E-state index in [9.17, 15) is 23.3 Å². The van der Waals surface area contributed by atoms with Crippen LogP contribution in [-0.2, 0) is 24.2 Å². The van der Waals surface area contributed by atoms with E-state index in [4.69, 9.17) is 21.5 Å². The van der Waals surface area contributed by atoms with Crippen molar-refractivity contribution in [2.24, 2.45) is 0 Å². The number of amides is 2. The molecule has 6 rings (SSSR count). The Morgan fingerprint density at radius 3 is 2.41 bits per heavy atom. The van der Waals surface area contributed by atoms with Crippen LogP contribution in [0.15, 0.2) is 29.2 Å². The number of anilines is 1. The number of likely N-dealkylation sites (tertiary alicyclic amines) is 2. The van der Waals surface area contributed by atoms with E-state index in [-0.39, 0.29) is 41.3 Å². The Morgan fingerprint density at radius 1 is 1.18 bits per heavy atom. The molecule has 2 N–H and O–H groups in total. The van der Waals surface area contributed by atoms with Gasteiger partial charge in [0.2, 0.25) is 16.9 Å². The van der Waals surface area contributed by atoms with Gasteiger partial charge in [-0.25, -0.2) is 13.4 Å². The molecule has 2 amide bonds. The van der Waals surface area contributed by atoms with Gasteiger partial charge >= 0.3 is 0 Å². The highest BCUT2D eigenvalue weighted by Gasteiger charge is 2.52. The summed E-state index contributed by atoms with van der Waals surface area (Å²) in [6.07, 6.45) is 3.45. The molecule has 16 heteroatoms. The van der Waals surface area contributed by atoms with Crippen LogP contribution in [0.1, 0.15) is 44.3 Å². The van der Waals surface area contributed by atoms with Gasteiger partial charge in [0.1, 0.15) is 17.4 Å². The molecule has 44 heavy (non-hydrogen) atoms. The average molecular weight is 664 g/mol. The zero-order valence-electron chi connectivity index (χ0n) is 24.1. The number of aromatic nitrogens is 2. The van der Waals surface area contributed by atoms with Gasteiger partial charge in [0.25, 0.3) is 6.47 Å². The summed E-state index contributed by atoms with van der Waals surface area (Å²) in [6.45, 7) is 3.95. The highest BCUT2D eigenvalue weighted by molar-refractivity contribution is 7.92. The molecule has 0 bridgehead atoms. The molecule has 3 aliphatic heterocycles. The van der Waals surface area contributed by atoms with Gasteiger partial charge in [0.05, 0.1) is 27.3 Å². The van der Waals surface area contributed by atoms with Crippen molar-refractivity contribution in [3.05, 3.63) is 35.1 Å². The third kappa shape index (κ3) is 6.39. The number of halogens is 1. The van der Waals surface area contributed by atoms with E-state index < -0.39 is 38.6 Å². The maximum atomic E-state index is 14.0. The van der Waals surface area contributed by atoms with Gasteiger partial charge in [0.15, 0.2) is 9.84 Å². The van der Waals surface area contributed by atoms with Crippen molar-refractivity contribution in [1.29, 1.82) is 5.26 Å². The smallest absolute Gasteiger partial charge is 0.290 e. The lowest BCUT2D eigenvalue weighted by Gasteiger charge is -2.49. The van der Waals surface area contributed by atoms with Gasteiger partial charge < -0.3 is 20.2 Å². The van der Waals surface area contributed by atoms with Crippen molar-refractivity contribution in [3.8, 4) is 6.07 Å². The zero-order valence-corrected chi connectivity index (χ0v) is 26.5. The quantitative estimate of drug-likeness (QED) is 0.413. The fraction of sp³-hybridized carbons (Fsp3) is 0.571. The molecule has 1 unspecified atom stereocenters. The number of benzene rings is 1. The molecule has 0 radical (unpaired) electrons. The number of nitrogens with one attached hydrogen (secondary N) is 1. The lowest BCUT2D eigenvalue weighted by molar-refractivity contribution is -0.148. The fourth-order valence-electron chi connectivity index (χ4n) is 6.18. The van der Waals surface area contributed by atoms with E-state index in [1.807, 2.05) is 6.92 Å². The van der Waals surface area contributed by atoms with Crippen molar-refractivity contribution >= 4 is 56.4 Å². The minimum atomic E-state index is -3.92. The van der Waals surface area contributed by atoms with Crippen molar-refractivity contribution in [2.75, 3.05) is 31.1 Å². The van der Waals surface area contributed by atoms with Gasteiger partial charge in [-0.3, -0.25) is 19.3 Å². The predicted octanol–water partition coefficient (Wildman–Crippen LogP) is 1.86. The van der Waals surface area contributed by atoms with Crippen molar-refractivity contribution in [1.82, 2.24) is 24.5 Å². The second kappa shape index (κ2) is 13.0. The summed E-state index contributed by atoms with van der Waals surface area (Å²) in [7, 11) is -3.92. The number of sulfone groups is 1. The summed E-state index contributed by atoms with van der Waals surface area (Å²) in [6, 6.07) is 7.22. The molecule has 1 aliphatic carbocycles. The lowest BCUT2D eigenvalue weighted by atomic mass is 9.93. The molecule has 4 aliphatic rings. The van der Waals surface area contributed by atoms with E-state index in [0.717, 1.165) is 43.4 Å². The monoisotopic (exact) mass is 663 g/mol. The molecule has 4 heterocycles. The molecule has 1 aromatic carbocycles. The van der Waals surface area contributed by atoms with Crippen LogP contribution in [0.3, 0.4) is 0 Å². The number of aryl methyl sites for hydroxylation is 1. The Kier molecular flexibility index (Phi) is 9.45. The summed E-state index contributed by atoms with van der Waals surface area (Å²) < 4.78 is 31.5. The Morgan fingerprint density at radius 2 is 1.86 bits per heavy atom. The molecule has 3 saturated heterocycles. The second-order valence-corrected chi connectivity index (χ2v) is 14.8. The first-order valence-corrected chi connectivity index (χ1v) is 17.1. The maximum absolute atomic E-state index is 14.0. The normalized spacial score (nSPS) is 24.8. The summed E-state index contributed by atoms with van der Waals surface area (Å²) in [5, 5.41) is 19.2. The van der Waals surface area contributed by atoms with Crippen molar-refractivity contribution in [2.45, 2.75) is 79.3 Å². The Hall–Kier alpha value is -3.32. The number of nitrogens with zero attached hydrogens (tertiary/aromatic N) is 6. The van der Waals surface area contributed by atoms with E-state index in [0.29, 0.717) is 19.3 Å². The summed E-state index contributed by atoms with van der Waals surface area (Å²) >= 11 is 7.64. The molecular weight excluding hydrogens is 630 g/mol. The van der Waals surface area contributed by atoms with Crippen LogP contribution in [0.2, 0.25) is 5.02 Å². The lowest BCUT2D eigenvalue weighted by Crippen LogP contribution is -2.63. The first-order valence-electron chi connectivity index (χ1n) is 14.4. The molecule has 13 nitrogen and oxygen atoms in total. The standard InChI is InChI=1S/C27H32ClN7O4S2.CH2O2/c1-17-30-26(40-32-17)33-11-6-18(7-12-33)34-13-8-21(34)25(37)35-15-19(41(38,39)23-5-3-2-4-20(23)28)14-22(35)24(36)31-27(16-29)9-10-27;2-1-3/h2-5,18-19,21-22H,6-15H2,1H3,(H,31,36);1H,(H,2,3)/t19-,21?,22+;/m1./s1.